The fraction of sp³-hybridized carbons (Fsp3) is 0.350. The molecule has 1 aromatic rings. The second-order valence-corrected chi connectivity index (χ2v) is 7.10. The lowest BCUT2D eigenvalue weighted by atomic mass is 9.90. The number of nitrogens with one attached hydrogen (secondary N) is 1. The van der Waals surface area contributed by atoms with E-state index in [0.29, 0.717) is 18.3 Å². The van der Waals surface area contributed by atoms with Gasteiger partial charge in [0.05, 0.1) is 5.54 Å². The molecule has 0 spiro atoms. The molecule has 25 heavy (non-hydrogen) atoms. The summed E-state index contributed by atoms with van der Waals surface area (Å²) in [7, 11) is 0. The lowest BCUT2D eigenvalue weighted by Gasteiger charge is -2.30. The summed E-state index contributed by atoms with van der Waals surface area (Å²) in [5, 5.41) is 3.98. The first kappa shape index (κ1) is 19.2. The summed E-state index contributed by atoms with van der Waals surface area (Å²) in [6, 6.07) is 8.15. The topological polar surface area (TPSA) is 59.6 Å². The minimum Gasteiger partial charge on any atom is -0.492 e. The number of ether oxygens (including phenoxy) is 1. The van der Waals surface area contributed by atoms with Gasteiger partial charge in [0.15, 0.2) is 5.17 Å². The Labute approximate surface area is 154 Å². The largest absolute Gasteiger partial charge is 0.492 e. The second kappa shape index (κ2) is 9.37. The fourth-order valence-electron chi connectivity index (χ4n) is 2.66. The highest BCUT2D eigenvalue weighted by Gasteiger charge is 2.29. The molecule has 0 aliphatic carbocycles. The van der Waals surface area contributed by atoms with Crippen molar-refractivity contribution in [2.75, 3.05) is 18.9 Å². The summed E-state index contributed by atoms with van der Waals surface area (Å²) in [6.45, 7) is 9.13. The normalized spacial score (nSPS) is 21.0. The number of benzene rings is 1. The minimum absolute atomic E-state index is 0.265. The summed E-state index contributed by atoms with van der Waals surface area (Å²) in [5.41, 5.74) is 7.81. The molecule has 1 aromatic carbocycles. The van der Waals surface area contributed by atoms with Crippen LogP contribution >= 0.6 is 11.8 Å². The van der Waals surface area contributed by atoms with Gasteiger partial charge in [-0.3, -0.25) is 4.99 Å². The van der Waals surface area contributed by atoms with Crippen LogP contribution in [0.15, 0.2) is 65.8 Å². The van der Waals surface area contributed by atoms with Gasteiger partial charge >= 0.3 is 0 Å². The molecule has 0 bridgehead atoms. The van der Waals surface area contributed by atoms with E-state index in [1.807, 2.05) is 37.3 Å². The molecule has 1 aliphatic rings. The van der Waals surface area contributed by atoms with Crippen molar-refractivity contribution in [3.05, 3.63) is 66.4 Å². The first-order chi connectivity index (χ1) is 12.1. The number of aliphatic imine (C=N–C) groups is 1. The number of amidine groups is 1. The third-order valence-corrected chi connectivity index (χ3v) is 4.79. The third-order valence-electron chi connectivity index (χ3n) is 4.00. The predicted octanol–water partition coefficient (Wildman–Crippen LogP) is 3.97. The standard InChI is InChI=1S/C20H27N3OS/c1-4-7-17(8-5-2)22-12-13-24-18-10-6-9-16(15-18)20(3)11-14-25-19(21)23-20/h4-10,15,22H,1,11-14H2,2-3H3,(H2,21,23)/b8-5-,17-7+. The molecular weight excluding hydrogens is 330 g/mol. The SMILES string of the molecule is C=C/C=C(\C=C/C)NCCOc1cccc(C2(C)CCSC(N)=N2)c1. The van der Waals surface area contributed by atoms with Gasteiger partial charge in [0.2, 0.25) is 0 Å². The lowest BCUT2D eigenvalue weighted by Crippen LogP contribution is -2.28. The molecule has 3 N–H and O–H groups in total. The maximum Gasteiger partial charge on any atom is 0.154 e. The van der Waals surface area contributed by atoms with Crippen molar-refractivity contribution in [3.63, 3.8) is 0 Å². The second-order valence-electron chi connectivity index (χ2n) is 5.98. The summed E-state index contributed by atoms with van der Waals surface area (Å²) in [4.78, 5) is 4.65. The zero-order valence-corrected chi connectivity index (χ0v) is 15.8. The van der Waals surface area contributed by atoms with Crippen LogP contribution in [0.25, 0.3) is 0 Å². The summed E-state index contributed by atoms with van der Waals surface area (Å²) in [6.07, 6.45) is 8.67. The Hall–Kier alpha value is -2.14. The van der Waals surface area contributed by atoms with Crippen molar-refractivity contribution < 1.29 is 4.74 Å². The molecule has 0 aromatic heterocycles. The van der Waals surface area contributed by atoms with Gasteiger partial charge in [-0.15, -0.1) is 0 Å². The van der Waals surface area contributed by atoms with Crippen molar-refractivity contribution in [1.82, 2.24) is 5.32 Å². The van der Waals surface area contributed by atoms with Gasteiger partial charge in [0.1, 0.15) is 12.4 Å². The zero-order chi connectivity index (χ0) is 18.1. The quantitative estimate of drug-likeness (QED) is 0.546. The highest BCUT2D eigenvalue weighted by atomic mass is 32.2. The molecule has 0 saturated heterocycles. The first-order valence-corrected chi connectivity index (χ1v) is 9.47. The van der Waals surface area contributed by atoms with E-state index in [9.17, 15) is 0 Å². The Morgan fingerprint density at radius 3 is 3.08 bits per heavy atom. The van der Waals surface area contributed by atoms with Crippen molar-refractivity contribution in [2.24, 2.45) is 10.7 Å². The summed E-state index contributed by atoms with van der Waals surface area (Å²) >= 11 is 1.62. The zero-order valence-electron chi connectivity index (χ0n) is 15.0. The summed E-state index contributed by atoms with van der Waals surface area (Å²) in [5.74, 6) is 1.84. The lowest BCUT2D eigenvalue weighted by molar-refractivity contribution is 0.318. The molecule has 5 heteroatoms. The van der Waals surface area contributed by atoms with Gasteiger partial charge in [0, 0.05) is 18.0 Å². The molecule has 0 saturated carbocycles. The fourth-order valence-corrected chi connectivity index (χ4v) is 3.63. The highest BCUT2D eigenvalue weighted by Crippen LogP contribution is 2.36. The number of allylic oxidation sites excluding steroid dienone is 4. The Kier molecular flexibility index (Phi) is 7.19. The van der Waals surface area contributed by atoms with Gasteiger partial charge < -0.3 is 15.8 Å². The van der Waals surface area contributed by atoms with Crippen LogP contribution < -0.4 is 15.8 Å². The predicted molar refractivity (Wildman–Crippen MR) is 109 cm³/mol. The molecule has 0 fully saturated rings. The van der Waals surface area contributed by atoms with Gasteiger partial charge in [0.25, 0.3) is 0 Å². The van der Waals surface area contributed by atoms with Crippen molar-refractivity contribution in [1.29, 1.82) is 0 Å². The van der Waals surface area contributed by atoms with Gasteiger partial charge in [-0.1, -0.05) is 42.6 Å². The first-order valence-electron chi connectivity index (χ1n) is 8.48. The number of nitrogens with two attached hydrogens (primary N) is 1. The molecule has 0 amide bonds. The van der Waals surface area contributed by atoms with Crippen LogP contribution in [-0.2, 0) is 5.54 Å². The number of hydrogen-bond donors (Lipinski definition) is 2. The van der Waals surface area contributed by atoms with E-state index >= 15 is 0 Å². The van der Waals surface area contributed by atoms with Crippen molar-refractivity contribution in [2.45, 2.75) is 25.8 Å². The van der Waals surface area contributed by atoms with Gasteiger partial charge in [-0.25, -0.2) is 0 Å². The van der Waals surface area contributed by atoms with E-state index in [0.717, 1.165) is 29.2 Å². The van der Waals surface area contributed by atoms with Crippen LogP contribution in [0.5, 0.6) is 5.75 Å². The number of hydrogen-bond acceptors (Lipinski definition) is 5. The Balaban J connectivity index is 1.95. The Bertz CT molecular complexity index is 681. The molecule has 2 rings (SSSR count). The molecule has 1 heterocycles. The molecule has 1 atom stereocenters. The Morgan fingerprint density at radius 2 is 2.36 bits per heavy atom. The van der Waals surface area contributed by atoms with E-state index in [-0.39, 0.29) is 5.54 Å². The average Bonchev–Trinajstić information content (AvgIpc) is 2.59. The van der Waals surface area contributed by atoms with Gasteiger partial charge in [-0.2, -0.15) is 0 Å². The average molecular weight is 358 g/mol. The Morgan fingerprint density at radius 1 is 1.52 bits per heavy atom. The molecule has 1 unspecified atom stereocenters. The minimum atomic E-state index is -0.265. The molecule has 0 radical (unpaired) electrons. The van der Waals surface area contributed by atoms with E-state index < -0.39 is 0 Å². The molecule has 1 aliphatic heterocycles. The van der Waals surface area contributed by atoms with Crippen LogP contribution in [0, 0.1) is 0 Å². The van der Waals surface area contributed by atoms with Crippen LogP contribution in [0.4, 0.5) is 0 Å². The van der Waals surface area contributed by atoms with Crippen LogP contribution in [-0.4, -0.2) is 24.1 Å². The number of thioether (sulfide) groups is 1. The molecule has 4 nitrogen and oxygen atoms in total. The summed E-state index contributed by atoms with van der Waals surface area (Å²) < 4.78 is 5.89. The van der Waals surface area contributed by atoms with Crippen LogP contribution in [0.1, 0.15) is 25.8 Å². The van der Waals surface area contributed by atoms with E-state index in [4.69, 9.17) is 10.5 Å². The van der Waals surface area contributed by atoms with E-state index in [1.165, 1.54) is 0 Å². The maximum absolute atomic E-state index is 5.92. The van der Waals surface area contributed by atoms with Crippen molar-refractivity contribution in [3.8, 4) is 5.75 Å². The number of rotatable bonds is 8. The monoisotopic (exact) mass is 357 g/mol. The maximum atomic E-state index is 5.92. The molecular formula is C20H27N3OS. The van der Waals surface area contributed by atoms with E-state index in [2.05, 4.69) is 35.9 Å². The molecule has 134 valence electrons. The highest BCUT2D eigenvalue weighted by molar-refractivity contribution is 8.13. The van der Waals surface area contributed by atoms with Crippen molar-refractivity contribution >= 4 is 16.9 Å². The van der Waals surface area contributed by atoms with E-state index in [1.54, 1.807) is 17.8 Å². The third kappa shape index (κ3) is 5.71. The van der Waals surface area contributed by atoms with Crippen LogP contribution in [0.3, 0.4) is 0 Å². The van der Waals surface area contributed by atoms with Crippen LogP contribution in [0.2, 0.25) is 0 Å². The smallest absolute Gasteiger partial charge is 0.154 e. The number of nitrogens with zero attached hydrogens (tertiary/aromatic N) is 1. The van der Waals surface area contributed by atoms with Gasteiger partial charge in [-0.05, 0) is 50.1 Å².